The van der Waals surface area contributed by atoms with Crippen LogP contribution in [0.5, 0.6) is 0 Å². The van der Waals surface area contributed by atoms with Crippen LogP contribution in [-0.4, -0.2) is 5.60 Å². The highest BCUT2D eigenvalue weighted by atomic mass is 16.6. The summed E-state index contributed by atoms with van der Waals surface area (Å²) in [5.74, 6) is 0. The SMILES string of the molecule is CC12CCc3ccccc3C1O2. The summed E-state index contributed by atoms with van der Waals surface area (Å²) in [4.78, 5) is 0. The summed E-state index contributed by atoms with van der Waals surface area (Å²) < 4.78 is 5.69. The molecule has 62 valence electrons. The molecule has 0 saturated carbocycles. The van der Waals surface area contributed by atoms with Crippen molar-refractivity contribution in [3.63, 3.8) is 0 Å². The van der Waals surface area contributed by atoms with Crippen LogP contribution in [0.25, 0.3) is 0 Å². The van der Waals surface area contributed by atoms with Crippen molar-refractivity contribution in [3.05, 3.63) is 35.4 Å². The molecule has 1 aromatic carbocycles. The molecule has 0 radical (unpaired) electrons. The molecule has 1 aromatic rings. The smallest absolute Gasteiger partial charge is 0.112 e. The van der Waals surface area contributed by atoms with Gasteiger partial charge in [0.25, 0.3) is 0 Å². The van der Waals surface area contributed by atoms with Gasteiger partial charge in [-0.25, -0.2) is 0 Å². The van der Waals surface area contributed by atoms with Crippen LogP contribution in [0.4, 0.5) is 0 Å². The lowest BCUT2D eigenvalue weighted by Gasteiger charge is -2.15. The van der Waals surface area contributed by atoms with Gasteiger partial charge in [-0.2, -0.15) is 0 Å². The van der Waals surface area contributed by atoms with Crippen molar-refractivity contribution in [1.82, 2.24) is 0 Å². The van der Waals surface area contributed by atoms with Crippen LogP contribution in [0.15, 0.2) is 24.3 Å². The maximum absolute atomic E-state index is 5.69. The van der Waals surface area contributed by atoms with Crippen molar-refractivity contribution in [3.8, 4) is 0 Å². The Bertz CT molecular complexity index is 332. The summed E-state index contributed by atoms with van der Waals surface area (Å²) in [6.07, 6.45) is 2.78. The Hall–Kier alpha value is -0.820. The van der Waals surface area contributed by atoms with Crippen molar-refractivity contribution < 1.29 is 4.74 Å². The monoisotopic (exact) mass is 160 g/mol. The first kappa shape index (κ1) is 6.67. The molecule has 1 heterocycles. The standard InChI is InChI=1S/C11H12O/c1-11-7-6-8-4-2-3-5-9(8)10(11)12-11/h2-5,10H,6-7H2,1H3. The highest BCUT2D eigenvalue weighted by Crippen LogP contribution is 2.55. The molecule has 2 atom stereocenters. The first-order valence-electron chi connectivity index (χ1n) is 4.55. The van der Waals surface area contributed by atoms with Gasteiger partial charge in [0.1, 0.15) is 6.10 Å². The van der Waals surface area contributed by atoms with Crippen LogP contribution in [0.3, 0.4) is 0 Å². The molecule has 1 nitrogen and oxygen atoms in total. The van der Waals surface area contributed by atoms with Crippen molar-refractivity contribution in [1.29, 1.82) is 0 Å². The second kappa shape index (κ2) is 1.91. The predicted molar refractivity (Wildman–Crippen MR) is 47.0 cm³/mol. The molecule has 1 fully saturated rings. The van der Waals surface area contributed by atoms with Gasteiger partial charge in [-0.05, 0) is 30.9 Å². The molecule has 1 saturated heterocycles. The summed E-state index contributed by atoms with van der Waals surface area (Å²) in [5.41, 5.74) is 3.10. The summed E-state index contributed by atoms with van der Waals surface area (Å²) in [6.45, 7) is 2.22. The largest absolute Gasteiger partial charge is 0.361 e. The number of epoxide rings is 1. The van der Waals surface area contributed by atoms with Crippen molar-refractivity contribution >= 4 is 0 Å². The second-order valence-corrected chi connectivity index (χ2v) is 4.01. The zero-order valence-electron chi connectivity index (χ0n) is 7.21. The van der Waals surface area contributed by atoms with E-state index in [9.17, 15) is 0 Å². The van der Waals surface area contributed by atoms with E-state index in [0.717, 1.165) is 0 Å². The third-order valence-corrected chi connectivity index (χ3v) is 3.11. The van der Waals surface area contributed by atoms with Gasteiger partial charge in [0, 0.05) is 0 Å². The number of ether oxygens (including phenoxy) is 1. The van der Waals surface area contributed by atoms with Gasteiger partial charge in [0.15, 0.2) is 0 Å². The zero-order chi connectivity index (χ0) is 8.18. The third-order valence-electron chi connectivity index (χ3n) is 3.11. The fourth-order valence-corrected chi connectivity index (χ4v) is 2.22. The van der Waals surface area contributed by atoms with E-state index < -0.39 is 0 Å². The zero-order valence-corrected chi connectivity index (χ0v) is 7.21. The summed E-state index contributed by atoms with van der Waals surface area (Å²) >= 11 is 0. The lowest BCUT2D eigenvalue weighted by atomic mass is 9.85. The van der Waals surface area contributed by atoms with Crippen molar-refractivity contribution in [2.45, 2.75) is 31.5 Å². The van der Waals surface area contributed by atoms with Gasteiger partial charge in [-0.3, -0.25) is 0 Å². The van der Waals surface area contributed by atoms with Gasteiger partial charge in [-0.15, -0.1) is 0 Å². The Morgan fingerprint density at radius 2 is 2.25 bits per heavy atom. The van der Waals surface area contributed by atoms with E-state index >= 15 is 0 Å². The number of fused-ring (bicyclic) bond motifs is 3. The molecule has 1 aliphatic carbocycles. The van der Waals surface area contributed by atoms with E-state index in [0.29, 0.717) is 6.10 Å². The molecule has 0 spiro atoms. The minimum Gasteiger partial charge on any atom is -0.361 e. The Morgan fingerprint density at radius 3 is 3.17 bits per heavy atom. The molecule has 2 aliphatic rings. The molecule has 3 rings (SSSR count). The summed E-state index contributed by atoms with van der Waals surface area (Å²) in [7, 11) is 0. The van der Waals surface area contributed by atoms with Crippen LogP contribution in [0.1, 0.15) is 30.6 Å². The average Bonchev–Trinajstić information content (AvgIpc) is 2.78. The first-order chi connectivity index (χ1) is 5.80. The molecule has 0 bridgehead atoms. The third kappa shape index (κ3) is 0.721. The second-order valence-electron chi connectivity index (χ2n) is 4.01. The maximum atomic E-state index is 5.69. The predicted octanol–water partition coefficient (Wildman–Crippen LogP) is 2.46. The van der Waals surface area contributed by atoms with Crippen LogP contribution in [-0.2, 0) is 11.2 Å². The highest BCUT2D eigenvalue weighted by Gasteiger charge is 2.55. The van der Waals surface area contributed by atoms with E-state index in [-0.39, 0.29) is 5.60 Å². The Morgan fingerprint density at radius 1 is 1.42 bits per heavy atom. The number of hydrogen-bond donors (Lipinski definition) is 0. The molecule has 0 amide bonds. The van der Waals surface area contributed by atoms with Gasteiger partial charge < -0.3 is 4.74 Å². The van der Waals surface area contributed by atoms with E-state index in [4.69, 9.17) is 4.74 Å². The summed E-state index contributed by atoms with van der Waals surface area (Å²) in [6, 6.07) is 8.64. The topological polar surface area (TPSA) is 12.5 Å². The van der Waals surface area contributed by atoms with Gasteiger partial charge in [0.2, 0.25) is 0 Å². The van der Waals surface area contributed by atoms with Gasteiger partial charge in [0.05, 0.1) is 5.60 Å². The number of benzene rings is 1. The normalized spacial score (nSPS) is 36.9. The van der Waals surface area contributed by atoms with Crippen LogP contribution >= 0.6 is 0 Å². The molecule has 12 heavy (non-hydrogen) atoms. The van der Waals surface area contributed by atoms with Crippen molar-refractivity contribution in [2.75, 3.05) is 0 Å². The fourth-order valence-electron chi connectivity index (χ4n) is 2.22. The minimum atomic E-state index is 0.189. The lowest BCUT2D eigenvalue weighted by molar-refractivity contribution is 0.302. The van der Waals surface area contributed by atoms with Crippen LogP contribution < -0.4 is 0 Å². The highest BCUT2D eigenvalue weighted by molar-refractivity contribution is 5.37. The lowest BCUT2D eigenvalue weighted by Crippen LogP contribution is -2.14. The van der Waals surface area contributed by atoms with Crippen LogP contribution in [0.2, 0.25) is 0 Å². The number of aryl methyl sites for hydroxylation is 1. The molecular formula is C11H12O. The fraction of sp³-hybridized carbons (Fsp3) is 0.455. The van der Waals surface area contributed by atoms with Crippen LogP contribution in [0, 0.1) is 0 Å². The van der Waals surface area contributed by atoms with Gasteiger partial charge in [-0.1, -0.05) is 24.3 Å². The van der Waals surface area contributed by atoms with Gasteiger partial charge >= 0.3 is 0 Å². The van der Waals surface area contributed by atoms with Crippen molar-refractivity contribution in [2.24, 2.45) is 0 Å². The Labute approximate surface area is 72.4 Å². The molecular weight excluding hydrogens is 148 g/mol. The molecule has 2 unspecified atom stereocenters. The molecule has 0 aromatic heterocycles. The molecule has 0 N–H and O–H groups in total. The maximum Gasteiger partial charge on any atom is 0.112 e. The van der Waals surface area contributed by atoms with E-state index in [1.54, 1.807) is 0 Å². The quantitative estimate of drug-likeness (QED) is 0.531. The van der Waals surface area contributed by atoms with E-state index in [2.05, 4.69) is 31.2 Å². The Kier molecular flexibility index (Phi) is 1.06. The summed E-state index contributed by atoms with van der Waals surface area (Å²) in [5, 5.41) is 0. The number of hydrogen-bond acceptors (Lipinski definition) is 1. The molecule has 1 heteroatoms. The minimum absolute atomic E-state index is 0.189. The molecule has 1 aliphatic heterocycles. The average molecular weight is 160 g/mol. The van der Waals surface area contributed by atoms with E-state index in [1.807, 2.05) is 0 Å². The number of rotatable bonds is 0. The van der Waals surface area contributed by atoms with E-state index in [1.165, 1.54) is 24.0 Å². The Balaban J connectivity index is 2.12. The first-order valence-corrected chi connectivity index (χ1v) is 4.55.